The predicted molar refractivity (Wildman–Crippen MR) is 51.3 cm³/mol. The molecule has 1 atom stereocenters. The van der Waals surface area contributed by atoms with Gasteiger partial charge in [0.05, 0.1) is 0 Å². The molecule has 1 fully saturated rings. The number of halogens is 1. The Morgan fingerprint density at radius 3 is 3.08 bits per heavy atom. The van der Waals surface area contributed by atoms with Crippen LogP contribution in [0.3, 0.4) is 0 Å². The van der Waals surface area contributed by atoms with Gasteiger partial charge in [-0.25, -0.2) is 0 Å². The van der Waals surface area contributed by atoms with Crippen LogP contribution in [0.5, 0.6) is 0 Å². The molecule has 1 aromatic heterocycles. The fraction of sp³-hybridized carbons (Fsp3) is 0.750. The van der Waals surface area contributed by atoms with E-state index in [1.807, 2.05) is 0 Å². The van der Waals surface area contributed by atoms with Gasteiger partial charge in [0, 0.05) is 22.4 Å². The van der Waals surface area contributed by atoms with Gasteiger partial charge in [-0.05, 0) is 31.8 Å². The first-order valence-electron chi connectivity index (χ1n) is 4.53. The van der Waals surface area contributed by atoms with Crippen molar-refractivity contribution < 1.29 is 4.42 Å². The number of nitrogens with zero attached hydrogens (tertiary/aromatic N) is 2. The summed E-state index contributed by atoms with van der Waals surface area (Å²) in [4.78, 5) is 0.479. The van der Waals surface area contributed by atoms with Crippen LogP contribution in [0.25, 0.3) is 0 Å². The van der Waals surface area contributed by atoms with Crippen LogP contribution < -0.4 is 5.32 Å². The van der Waals surface area contributed by atoms with Crippen molar-refractivity contribution in [1.29, 1.82) is 0 Å². The normalized spacial score (nSPS) is 22.4. The minimum atomic E-state index is 0.479. The Morgan fingerprint density at radius 1 is 1.54 bits per heavy atom. The van der Waals surface area contributed by atoms with Gasteiger partial charge in [-0.1, -0.05) is 0 Å². The summed E-state index contributed by atoms with van der Waals surface area (Å²) in [6.45, 7) is 2.29. The lowest BCUT2D eigenvalue weighted by Gasteiger charge is -2.03. The predicted octanol–water partition coefficient (Wildman–Crippen LogP) is 1.37. The fourth-order valence-electron chi connectivity index (χ4n) is 1.62. The molecule has 5 heteroatoms. The molecule has 2 heterocycles. The zero-order chi connectivity index (χ0) is 9.10. The molecule has 1 N–H and O–H groups in total. The van der Waals surface area contributed by atoms with Crippen LogP contribution in [0, 0.1) is 5.92 Å². The molecule has 0 bridgehead atoms. The summed E-state index contributed by atoms with van der Waals surface area (Å²) in [5.74, 6) is 1.52. The topological polar surface area (TPSA) is 51.0 Å². The summed E-state index contributed by atoms with van der Waals surface area (Å²) >= 11 is 3.13. The van der Waals surface area contributed by atoms with E-state index in [4.69, 9.17) is 4.42 Å². The van der Waals surface area contributed by atoms with Gasteiger partial charge in [0.15, 0.2) is 0 Å². The summed E-state index contributed by atoms with van der Waals surface area (Å²) in [5.41, 5.74) is 0. The van der Waals surface area contributed by atoms with E-state index < -0.39 is 0 Å². The van der Waals surface area contributed by atoms with E-state index in [0.717, 1.165) is 37.7 Å². The van der Waals surface area contributed by atoms with Gasteiger partial charge in [0.1, 0.15) is 0 Å². The Hall–Kier alpha value is -0.420. The van der Waals surface area contributed by atoms with Gasteiger partial charge < -0.3 is 9.73 Å². The molecule has 1 saturated heterocycles. The minimum Gasteiger partial charge on any atom is -0.416 e. The molecular weight excluding hydrogens is 234 g/mol. The maximum absolute atomic E-state index is 5.22. The van der Waals surface area contributed by atoms with Crippen LogP contribution in [0.2, 0.25) is 0 Å². The Kier molecular flexibility index (Phi) is 2.95. The first-order chi connectivity index (χ1) is 6.34. The molecule has 1 aliphatic rings. The van der Waals surface area contributed by atoms with E-state index in [2.05, 4.69) is 31.4 Å². The number of rotatable bonds is 3. The molecular formula is C8H12BrN3O. The molecule has 1 aliphatic heterocycles. The monoisotopic (exact) mass is 245 g/mol. The average molecular weight is 246 g/mol. The Morgan fingerprint density at radius 2 is 2.46 bits per heavy atom. The van der Waals surface area contributed by atoms with Crippen molar-refractivity contribution in [3.8, 4) is 0 Å². The molecule has 0 spiro atoms. The highest BCUT2D eigenvalue weighted by Gasteiger charge is 2.15. The maximum Gasteiger partial charge on any atom is 0.284 e. The number of nitrogens with one attached hydrogen (secondary N) is 1. The van der Waals surface area contributed by atoms with Gasteiger partial charge in [-0.15, -0.1) is 10.2 Å². The number of aromatic nitrogens is 2. The quantitative estimate of drug-likeness (QED) is 0.875. The van der Waals surface area contributed by atoms with Crippen LogP contribution >= 0.6 is 15.9 Å². The first kappa shape index (κ1) is 9.15. The highest BCUT2D eigenvalue weighted by atomic mass is 79.9. The van der Waals surface area contributed by atoms with Gasteiger partial charge in [0.25, 0.3) is 4.80 Å². The van der Waals surface area contributed by atoms with Crippen LogP contribution in [0.1, 0.15) is 18.7 Å². The Labute approximate surface area is 85.2 Å². The summed E-state index contributed by atoms with van der Waals surface area (Å²) in [7, 11) is 0. The molecule has 13 heavy (non-hydrogen) atoms. The van der Waals surface area contributed by atoms with Gasteiger partial charge in [-0.3, -0.25) is 0 Å². The standard InChI is InChI=1S/C8H12BrN3O/c9-8-12-11-7(13-8)2-1-6-3-4-10-5-6/h6,10H,1-5H2. The van der Waals surface area contributed by atoms with Crippen LogP contribution in [-0.4, -0.2) is 23.3 Å². The van der Waals surface area contributed by atoms with Crippen LogP contribution in [0.4, 0.5) is 0 Å². The molecule has 0 saturated carbocycles. The smallest absolute Gasteiger partial charge is 0.284 e. The molecule has 4 nitrogen and oxygen atoms in total. The van der Waals surface area contributed by atoms with E-state index in [1.165, 1.54) is 6.42 Å². The highest BCUT2D eigenvalue weighted by Crippen LogP contribution is 2.16. The van der Waals surface area contributed by atoms with E-state index in [9.17, 15) is 0 Å². The molecule has 72 valence electrons. The maximum atomic E-state index is 5.22. The molecule has 0 amide bonds. The summed E-state index contributed by atoms with van der Waals surface area (Å²) in [5, 5.41) is 11.0. The third kappa shape index (κ3) is 2.51. The average Bonchev–Trinajstić information content (AvgIpc) is 2.71. The van der Waals surface area contributed by atoms with E-state index in [-0.39, 0.29) is 0 Å². The zero-order valence-electron chi connectivity index (χ0n) is 7.29. The Balaban J connectivity index is 1.78. The number of hydrogen-bond donors (Lipinski definition) is 1. The highest BCUT2D eigenvalue weighted by molar-refractivity contribution is 9.10. The van der Waals surface area contributed by atoms with Crippen LogP contribution in [-0.2, 0) is 6.42 Å². The van der Waals surface area contributed by atoms with Crippen molar-refractivity contribution in [2.75, 3.05) is 13.1 Å². The summed E-state index contributed by atoms with van der Waals surface area (Å²) in [6, 6.07) is 0. The van der Waals surface area contributed by atoms with Gasteiger partial charge >= 0.3 is 0 Å². The van der Waals surface area contributed by atoms with Crippen molar-refractivity contribution >= 4 is 15.9 Å². The number of hydrogen-bond acceptors (Lipinski definition) is 4. The SMILES string of the molecule is Brc1nnc(CCC2CCNC2)o1. The second kappa shape index (κ2) is 4.19. The molecule has 1 aromatic rings. The lowest BCUT2D eigenvalue weighted by atomic mass is 10.0. The van der Waals surface area contributed by atoms with Crippen molar-refractivity contribution in [1.82, 2.24) is 15.5 Å². The van der Waals surface area contributed by atoms with Crippen LogP contribution in [0.15, 0.2) is 9.22 Å². The van der Waals surface area contributed by atoms with E-state index in [1.54, 1.807) is 0 Å². The molecule has 1 unspecified atom stereocenters. The van der Waals surface area contributed by atoms with E-state index >= 15 is 0 Å². The molecule has 0 radical (unpaired) electrons. The first-order valence-corrected chi connectivity index (χ1v) is 5.32. The van der Waals surface area contributed by atoms with Gasteiger partial charge in [0.2, 0.25) is 5.89 Å². The van der Waals surface area contributed by atoms with Crippen molar-refractivity contribution in [2.45, 2.75) is 19.3 Å². The Bertz CT molecular complexity index is 270. The fourth-order valence-corrected chi connectivity index (χ4v) is 1.89. The van der Waals surface area contributed by atoms with Crippen molar-refractivity contribution in [3.05, 3.63) is 10.7 Å². The number of aryl methyl sites for hydroxylation is 1. The van der Waals surface area contributed by atoms with Crippen molar-refractivity contribution in [3.63, 3.8) is 0 Å². The van der Waals surface area contributed by atoms with Gasteiger partial charge in [-0.2, -0.15) is 0 Å². The third-order valence-corrected chi connectivity index (χ3v) is 2.69. The lowest BCUT2D eigenvalue weighted by molar-refractivity contribution is 0.436. The third-order valence-electron chi connectivity index (χ3n) is 2.37. The van der Waals surface area contributed by atoms with E-state index in [0.29, 0.717) is 4.80 Å². The molecule has 2 rings (SSSR count). The summed E-state index contributed by atoms with van der Waals surface area (Å²) in [6.07, 6.45) is 3.31. The molecule has 0 aliphatic carbocycles. The molecule has 0 aromatic carbocycles. The second-order valence-electron chi connectivity index (χ2n) is 3.35. The zero-order valence-corrected chi connectivity index (χ0v) is 8.88. The van der Waals surface area contributed by atoms with Crippen molar-refractivity contribution in [2.24, 2.45) is 5.92 Å². The largest absolute Gasteiger partial charge is 0.416 e. The lowest BCUT2D eigenvalue weighted by Crippen LogP contribution is -2.09. The second-order valence-corrected chi connectivity index (χ2v) is 4.02. The minimum absolute atomic E-state index is 0.479. The summed E-state index contributed by atoms with van der Waals surface area (Å²) < 4.78 is 5.22.